The molecule has 0 bridgehead atoms. The number of ether oxygens (including phenoxy) is 7. The molecule has 0 saturated carbocycles. The first-order chi connectivity index (χ1) is 18.5. The Morgan fingerprint density at radius 2 is 1.66 bits per heavy atom. The van der Waals surface area contributed by atoms with Gasteiger partial charge in [0.25, 0.3) is 0 Å². The van der Waals surface area contributed by atoms with Crippen LogP contribution in [-0.2, 0) is 13.1 Å². The largest absolute Gasteiger partial charge is 0.496 e. The number of allylic oxidation sites excluding steroid dienone is 1. The number of hydrogen-bond acceptors (Lipinski definition) is 9. The molecule has 3 aromatic rings. The highest BCUT2D eigenvalue weighted by Crippen LogP contribution is 2.45. The molecule has 6 rings (SSSR count). The predicted molar refractivity (Wildman–Crippen MR) is 138 cm³/mol. The van der Waals surface area contributed by atoms with Gasteiger partial charge in [-0.25, -0.2) is 0 Å². The van der Waals surface area contributed by atoms with Crippen molar-refractivity contribution in [1.82, 2.24) is 4.90 Å². The number of benzene rings is 3. The van der Waals surface area contributed by atoms with Crippen LogP contribution in [0.2, 0.25) is 0 Å². The van der Waals surface area contributed by atoms with Crippen LogP contribution >= 0.6 is 0 Å². The number of carbonyl (C=O) groups is 1. The molecule has 3 heterocycles. The van der Waals surface area contributed by atoms with Gasteiger partial charge in [0, 0.05) is 24.7 Å². The first-order valence-electron chi connectivity index (χ1n) is 12.1. The van der Waals surface area contributed by atoms with E-state index in [9.17, 15) is 4.79 Å². The van der Waals surface area contributed by atoms with E-state index in [4.69, 9.17) is 33.2 Å². The minimum absolute atomic E-state index is 0.190. The number of nitrogens with zero attached hydrogens (tertiary/aromatic N) is 1. The topological polar surface area (TPSA) is 84.9 Å². The van der Waals surface area contributed by atoms with E-state index in [0.717, 1.165) is 33.9 Å². The lowest BCUT2D eigenvalue weighted by Gasteiger charge is -2.30. The Morgan fingerprint density at radius 1 is 0.895 bits per heavy atom. The maximum Gasteiger partial charge on any atom is 0.232 e. The van der Waals surface area contributed by atoms with Gasteiger partial charge in [0.15, 0.2) is 28.8 Å². The van der Waals surface area contributed by atoms with Crippen molar-refractivity contribution in [3.8, 4) is 40.2 Å². The number of ketones is 1. The van der Waals surface area contributed by atoms with Gasteiger partial charge in [-0.1, -0.05) is 6.07 Å². The Hall–Kier alpha value is -4.37. The fourth-order valence-electron chi connectivity index (χ4n) is 4.98. The normalized spacial score (nSPS) is 16.5. The zero-order valence-corrected chi connectivity index (χ0v) is 21.6. The lowest BCUT2D eigenvalue weighted by molar-refractivity contribution is 0.0871. The van der Waals surface area contributed by atoms with E-state index in [2.05, 4.69) is 4.90 Å². The van der Waals surface area contributed by atoms with Crippen molar-refractivity contribution in [2.45, 2.75) is 20.0 Å². The van der Waals surface area contributed by atoms with Crippen LogP contribution in [0.25, 0.3) is 6.08 Å². The van der Waals surface area contributed by atoms with Crippen LogP contribution in [0.1, 0.15) is 32.6 Å². The maximum absolute atomic E-state index is 13.5. The Balaban J connectivity index is 1.31. The molecule has 0 atom stereocenters. The monoisotopic (exact) mass is 517 g/mol. The smallest absolute Gasteiger partial charge is 0.232 e. The molecule has 3 aliphatic rings. The highest BCUT2D eigenvalue weighted by Gasteiger charge is 2.36. The van der Waals surface area contributed by atoms with E-state index < -0.39 is 0 Å². The molecule has 9 nitrogen and oxygen atoms in total. The molecule has 0 saturated heterocycles. The molecule has 0 N–H and O–H groups in total. The summed E-state index contributed by atoms with van der Waals surface area (Å²) in [6, 6.07) is 11.3. The van der Waals surface area contributed by atoms with Crippen molar-refractivity contribution in [3.63, 3.8) is 0 Å². The Labute approximate surface area is 220 Å². The van der Waals surface area contributed by atoms with Crippen molar-refractivity contribution in [1.29, 1.82) is 0 Å². The number of hydrogen-bond donors (Lipinski definition) is 0. The molecule has 38 heavy (non-hydrogen) atoms. The van der Waals surface area contributed by atoms with E-state index in [1.807, 2.05) is 31.2 Å². The van der Waals surface area contributed by atoms with Crippen LogP contribution in [0.5, 0.6) is 40.2 Å². The van der Waals surface area contributed by atoms with Crippen LogP contribution < -0.4 is 33.2 Å². The van der Waals surface area contributed by atoms with Crippen LogP contribution in [0.15, 0.2) is 42.2 Å². The molecule has 3 aliphatic heterocycles. The molecule has 196 valence electrons. The van der Waals surface area contributed by atoms with Gasteiger partial charge in [-0.15, -0.1) is 0 Å². The molecule has 0 fully saturated rings. The second kappa shape index (κ2) is 9.50. The lowest BCUT2D eigenvalue weighted by atomic mass is 9.98. The van der Waals surface area contributed by atoms with E-state index >= 15 is 0 Å². The summed E-state index contributed by atoms with van der Waals surface area (Å²) in [5.74, 6) is 4.33. The summed E-state index contributed by atoms with van der Waals surface area (Å²) >= 11 is 0. The molecule has 0 spiro atoms. The fraction of sp³-hybridized carbons (Fsp3) is 0.276. The number of fused-ring (bicyclic) bond motifs is 4. The minimum Gasteiger partial charge on any atom is -0.496 e. The quantitative estimate of drug-likeness (QED) is 0.431. The second-order valence-corrected chi connectivity index (χ2v) is 9.21. The van der Waals surface area contributed by atoms with Crippen LogP contribution in [0, 0.1) is 6.92 Å². The third-order valence-electron chi connectivity index (χ3n) is 6.85. The van der Waals surface area contributed by atoms with Crippen LogP contribution in [-0.4, -0.2) is 45.5 Å². The number of Topliss-reactive ketones (excluding diaryl/α,β-unsaturated/α-hetero) is 1. The molecular weight excluding hydrogens is 490 g/mol. The Morgan fingerprint density at radius 3 is 2.45 bits per heavy atom. The van der Waals surface area contributed by atoms with Crippen molar-refractivity contribution in [3.05, 3.63) is 70.0 Å². The van der Waals surface area contributed by atoms with E-state index in [1.165, 1.54) is 0 Å². The molecular formula is C29H27NO8. The van der Waals surface area contributed by atoms with Gasteiger partial charge in [-0.05, 0) is 48.4 Å². The summed E-state index contributed by atoms with van der Waals surface area (Å²) in [5.41, 5.74) is 3.89. The Bertz CT molecular complexity index is 1480. The molecule has 0 aliphatic carbocycles. The van der Waals surface area contributed by atoms with Gasteiger partial charge >= 0.3 is 0 Å². The zero-order chi connectivity index (χ0) is 26.4. The lowest BCUT2D eigenvalue weighted by Crippen LogP contribution is -2.31. The highest BCUT2D eigenvalue weighted by molar-refractivity contribution is 6.16. The third-order valence-corrected chi connectivity index (χ3v) is 6.85. The summed E-state index contributed by atoms with van der Waals surface area (Å²) in [7, 11) is 4.67. The van der Waals surface area contributed by atoms with Crippen molar-refractivity contribution < 1.29 is 38.0 Å². The van der Waals surface area contributed by atoms with Crippen molar-refractivity contribution in [2.75, 3.05) is 34.9 Å². The molecule has 0 amide bonds. The number of carbonyl (C=O) groups excluding carboxylic acids is 1. The van der Waals surface area contributed by atoms with Gasteiger partial charge in [0.2, 0.25) is 12.6 Å². The van der Waals surface area contributed by atoms with E-state index in [0.29, 0.717) is 53.9 Å². The minimum atomic E-state index is -0.190. The molecule has 0 radical (unpaired) electrons. The fourth-order valence-corrected chi connectivity index (χ4v) is 4.98. The van der Waals surface area contributed by atoms with Gasteiger partial charge in [-0.2, -0.15) is 0 Å². The molecule has 9 heteroatoms. The SMILES string of the molecule is COc1cc(OC)c(OC)cc1/C=C1\Oc2c3c(cc(C)c2C1=O)OCN(Cc1ccc2c(c1)OCO2)C3. The van der Waals surface area contributed by atoms with Gasteiger partial charge < -0.3 is 33.2 Å². The van der Waals surface area contributed by atoms with Crippen LogP contribution in [0.4, 0.5) is 0 Å². The first kappa shape index (κ1) is 24.0. The van der Waals surface area contributed by atoms with Crippen molar-refractivity contribution >= 4 is 11.9 Å². The van der Waals surface area contributed by atoms with Gasteiger partial charge in [0.1, 0.15) is 24.0 Å². The zero-order valence-electron chi connectivity index (χ0n) is 21.6. The summed E-state index contributed by atoms with van der Waals surface area (Å²) in [6.07, 6.45) is 1.67. The van der Waals surface area contributed by atoms with E-state index in [-0.39, 0.29) is 18.3 Å². The average Bonchev–Trinajstić information content (AvgIpc) is 3.53. The summed E-state index contributed by atoms with van der Waals surface area (Å²) in [4.78, 5) is 15.6. The highest BCUT2D eigenvalue weighted by atomic mass is 16.7. The van der Waals surface area contributed by atoms with Crippen molar-refractivity contribution in [2.24, 2.45) is 0 Å². The number of rotatable bonds is 6. The van der Waals surface area contributed by atoms with Gasteiger partial charge in [-0.3, -0.25) is 9.69 Å². The van der Waals surface area contributed by atoms with E-state index in [1.54, 1.807) is 39.5 Å². The number of aryl methyl sites for hydroxylation is 1. The summed E-state index contributed by atoms with van der Waals surface area (Å²) in [6.45, 7) is 3.74. The van der Waals surface area contributed by atoms with Crippen LogP contribution in [0.3, 0.4) is 0 Å². The summed E-state index contributed by atoms with van der Waals surface area (Å²) in [5, 5.41) is 0. The maximum atomic E-state index is 13.5. The molecule has 0 unspecified atom stereocenters. The Kier molecular flexibility index (Phi) is 6.00. The first-order valence-corrected chi connectivity index (χ1v) is 12.1. The average molecular weight is 518 g/mol. The molecule has 3 aromatic carbocycles. The standard InChI is InChI=1S/C29H27NO8/c1-16-7-22-19(13-30(14-35-22)12-17-5-6-20-25(8-17)37-15-36-20)29-27(16)28(31)26(38-29)10-18-9-23(33-3)24(34-4)11-21(18)32-2/h5-11H,12-15H2,1-4H3/b26-10-. The van der Waals surface area contributed by atoms with Gasteiger partial charge in [0.05, 0.1) is 32.5 Å². The second-order valence-electron chi connectivity index (χ2n) is 9.21. The third kappa shape index (κ3) is 4.05. The molecule has 0 aromatic heterocycles. The number of methoxy groups -OCH3 is 3. The predicted octanol–water partition coefficient (Wildman–Crippen LogP) is 4.72. The summed E-state index contributed by atoms with van der Waals surface area (Å²) < 4.78 is 39.6.